The summed E-state index contributed by atoms with van der Waals surface area (Å²) in [6, 6.07) is 0. The molecule has 0 radical (unpaired) electrons. The lowest BCUT2D eigenvalue weighted by atomic mass is 10.3. The number of nitrogens with one attached hydrogen (secondary N) is 1. The maximum Gasteiger partial charge on any atom is 0.320 e. The summed E-state index contributed by atoms with van der Waals surface area (Å²) in [6.07, 6.45) is 0.226. The number of carbonyl (C=O) groups is 1. The van der Waals surface area contributed by atoms with Crippen LogP contribution in [0.25, 0.3) is 0 Å². The van der Waals surface area contributed by atoms with Crippen molar-refractivity contribution < 1.29 is 14.6 Å². The van der Waals surface area contributed by atoms with Crippen molar-refractivity contribution in [1.29, 1.82) is 0 Å². The van der Waals surface area contributed by atoms with Crippen molar-refractivity contribution >= 4 is 5.97 Å². The summed E-state index contributed by atoms with van der Waals surface area (Å²) in [6.45, 7) is 6.09. The normalized spacial score (nSPS) is 13.0. The zero-order valence-corrected chi connectivity index (χ0v) is 8.54. The second-order valence-corrected chi connectivity index (χ2v) is 3.23. The monoisotopic (exact) mass is 189 g/mol. The second-order valence-electron chi connectivity index (χ2n) is 3.23. The third kappa shape index (κ3) is 7.74. The number of esters is 1. The lowest BCUT2D eigenvalue weighted by molar-refractivity contribution is -0.146. The molecule has 0 spiro atoms. The molecule has 0 bridgehead atoms. The summed E-state index contributed by atoms with van der Waals surface area (Å²) in [5.41, 5.74) is 0. The molecule has 0 saturated carbocycles. The molecule has 0 saturated heterocycles. The van der Waals surface area contributed by atoms with Gasteiger partial charge in [-0.25, -0.2) is 0 Å². The van der Waals surface area contributed by atoms with Gasteiger partial charge in [0.1, 0.15) is 0 Å². The Morgan fingerprint density at radius 1 is 1.54 bits per heavy atom. The second kappa shape index (κ2) is 6.86. The maximum absolute atomic E-state index is 11.0. The highest BCUT2D eigenvalue weighted by Gasteiger charge is 2.05. The van der Waals surface area contributed by atoms with Crippen LogP contribution in [0.5, 0.6) is 0 Å². The summed E-state index contributed by atoms with van der Waals surface area (Å²) < 4.78 is 4.88. The quantitative estimate of drug-likeness (QED) is 0.590. The van der Waals surface area contributed by atoms with Crippen molar-refractivity contribution in [2.75, 3.05) is 13.1 Å². The first-order valence-electron chi connectivity index (χ1n) is 4.64. The Morgan fingerprint density at radius 3 is 2.62 bits per heavy atom. The smallest absolute Gasteiger partial charge is 0.320 e. The van der Waals surface area contributed by atoms with E-state index in [1.807, 2.05) is 6.92 Å². The van der Waals surface area contributed by atoms with Crippen LogP contribution in [0.15, 0.2) is 0 Å². The number of carbonyl (C=O) groups excluding carboxylic acids is 1. The van der Waals surface area contributed by atoms with Crippen LogP contribution in [-0.2, 0) is 9.53 Å². The molecule has 0 aromatic heterocycles. The Kier molecular flexibility index (Phi) is 6.54. The van der Waals surface area contributed by atoms with E-state index in [2.05, 4.69) is 5.32 Å². The highest BCUT2D eigenvalue weighted by Crippen LogP contribution is 1.89. The Hall–Kier alpha value is -0.610. The van der Waals surface area contributed by atoms with Gasteiger partial charge < -0.3 is 15.2 Å². The van der Waals surface area contributed by atoms with Crippen LogP contribution in [0.1, 0.15) is 27.2 Å². The van der Waals surface area contributed by atoms with Crippen LogP contribution < -0.4 is 5.32 Å². The van der Waals surface area contributed by atoms with Crippen LogP contribution in [0.2, 0.25) is 0 Å². The molecule has 4 heteroatoms. The third-order valence-corrected chi connectivity index (χ3v) is 1.49. The Morgan fingerprint density at radius 2 is 2.15 bits per heavy atom. The van der Waals surface area contributed by atoms with Crippen LogP contribution in [-0.4, -0.2) is 36.4 Å². The van der Waals surface area contributed by atoms with Gasteiger partial charge in [0, 0.05) is 6.54 Å². The largest absolute Gasteiger partial charge is 0.462 e. The number of rotatable bonds is 6. The molecule has 0 heterocycles. The Labute approximate surface area is 79.3 Å². The zero-order chi connectivity index (χ0) is 10.3. The van der Waals surface area contributed by atoms with E-state index >= 15 is 0 Å². The molecule has 0 aliphatic rings. The van der Waals surface area contributed by atoms with E-state index < -0.39 is 0 Å². The summed E-state index contributed by atoms with van der Waals surface area (Å²) in [7, 11) is 0. The highest BCUT2D eigenvalue weighted by molar-refractivity contribution is 5.71. The lowest BCUT2D eigenvalue weighted by Gasteiger charge is -2.10. The highest BCUT2D eigenvalue weighted by atomic mass is 16.5. The Bertz CT molecular complexity index is 148. The number of hydrogen-bond acceptors (Lipinski definition) is 4. The van der Waals surface area contributed by atoms with Crippen molar-refractivity contribution in [2.24, 2.45) is 0 Å². The van der Waals surface area contributed by atoms with Crippen LogP contribution >= 0.6 is 0 Å². The molecule has 0 amide bonds. The van der Waals surface area contributed by atoms with E-state index in [9.17, 15) is 4.79 Å². The number of ether oxygens (including phenoxy) is 1. The number of aliphatic hydroxyl groups is 1. The first-order chi connectivity index (χ1) is 6.06. The van der Waals surface area contributed by atoms with E-state index in [-0.39, 0.29) is 24.7 Å². The average molecular weight is 189 g/mol. The van der Waals surface area contributed by atoms with Crippen LogP contribution in [0.3, 0.4) is 0 Å². The van der Waals surface area contributed by atoms with Gasteiger partial charge in [-0.1, -0.05) is 6.92 Å². The van der Waals surface area contributed by atoms with Gasteiger partial charge >= 0.3 is 5.97 Å². The maximum atomic E-state index is 11.0. The van der Waals surface area contributed by atoms with Crippen molar-refractivity contribution in [3.8, 4) is 0 Å². The molecule has 1 atom stereocenters. The number of hydrogen-bond donors (Lipinski definition) is 2. The van der Waals surface area contributed by atoms with Crippen molar-refractivity contribution in [2.45, 2.75) is 39.4 Å². The first kappa shape index (κ1) is 12.4. The molecule has 1 unspecified atom stereocenters. The van der Waals surface area contributed by atoms with Crippen molar-refractivity contribution in [3.63, 3.8) is 0 Å². The summed E-state index contributed by atoms with van der Waals surface area (Å²) in [5.74, 6) is -0.279. The lowest BCUT2D eigenvalue weighted by Crippen LogP contribution is -2.32. The van der Waals surface area contributed by atoms with E-state index in [1.165, 1.54) is 0 Å². The fraction of sp³-hybridized carbons (Fsp3) is 0.889. The van der Waals surface area contributed by atoms with Crippen molar-refractivity contribution in [1.82, 2.24) is 5.32 Å². The molecule has 0 aliphatic heterocycles. The molecular formula is C9H19NO3. The van der Waals surface area contributed by atoms with E-state index in [1.54, 1.807) is 13.8 Å². The first-order valence-corrected chi connectivity index (χ1v) is 4.64. The predicted molar refractivity (Wildman–Crippen MR) is 50.4 cm³/mol. The fourth-order valence-corrected chi connectivity index (χ4v) is 0.790. The SMILES string of the molecule is CCC(O)CNCC(=O)OC(C)C. The molecule has 0 aromatic rings. The van der Waals surface area contributed by atoms with Gasteiger partial charge in [-0.2, -0.15) is 0 Å². The fourth-order valence-electron chi connectivity index (χ4n) is 0.790. The minimum Gasteiger partial charge on any atom is -0.462 e. The zero-order valence-electron chi connectivity index (χ0n) is 8.54. The van der Waals surface area contributed by atoms with E-state index in [0.29, 0.717) is 13.0 Å². The number of aliphatic hydroxyl groups excluding tert-OH is 1. The average Bonchev–Trinajstić information content (AvgIpc) is 2.02. The summed E-state index contributed by atoms with van der Waals surface area (Å²) in [5, 5.41) is 12.0. The summed E-state index contributed by atoms with van der Waals surface area (Å²) >= 11 is 0. The van der Waals surface area contributed by atoms with Gasteiger partial charge in [0.15, 0.2) is 0 Å². The van der Waals surface area contributed by atoms with Gasteiger partial charge in [0.05, 0.1) is 18.8 Å². The Balaban J connectivity index is 3.37. The van der Waals surface area contributed by atoms with Crippen LogP contribution in [0.4, 0.5) is 0 Å². The minimum atomic E-state index is -0.383. The molecule has 0 aliphatic carbocycles. The van der Waals surface area contributed by atoms with Gasteiger partial charge in [0.2, 0.25) is 0 Å². The molecule has 0 fully saturated rings. The molecule has 0 rings (SSSR count). The van der Waals surface area contributed by atoms with Crippen LogP contribution in [0, 0.1) is 0 Å². The molecule has 2 N–H and O–H groups in total. The van der Waals surface area contributed by atoms with Gasteiger partial charge in [-0.05, 0) is 20.3 Å². The van der Waals surface area contributed by atoms with Gasteiger partial charge in [-0.15, -0.1) is 0 Å². The molecule has 78 valence electrons. The summed E-state index contributed by atoms with van der Waals surface area (Å²) in [4.78, 5) is 11.0. The molecule has 4 nitrogen and oxygen atoms in total. The predicted octanol–water partition coefficient (Wildman–Crippen LogP) is 0.298. The van der Waals surface area contributed by atoms with Gasteiger partial charge in [0.25, 0.3) is 0 Å². The molecule has 13 heavy (non-hydrogen) atoms. The van der Waals surface area contributed by atoms with E-state index in [0.717, 1.165) is 0 Å². The topological polar surface area (TPSA) is 58.6 Å². The standard InChI is InChI=1S/C9H19NO3/c1-4-8(11)5-10-6-9(12)13-7(2)3/h7-8,10-11H,4-6H2,1-3H3. The third-order valence-electron chi connectivity index (χ3n) is 1.49. The van der Waals surface area contributed by atoms with Gasteiger partial charge in [-0.3, -0.25) is 4.79 Å². The van der Waals surface area contributed by atoms with E-state index in [4.69, 9.17) is 9.84 Å². The molecular weight excluding hydrogens is 170 g/mol. The minimum absolute atomic E-state index is 0.0783. The van der Waals surface area contributed by atoms with Crippen molar-refractivity contribution in [3.05, 3.63) is 0 Å². The molecule has 0 aromatic carbocycles.